The monoisotopic (exact) mass is 215 g/mol. The predicted octanol–water partition coefficient (Wildman–Crippen LogP) is -1.29. The van der Waals surface area contributed by atoms with Gasteiger partial charge in [0.15, 0.2) is 0 Å². The standard InChI is InChI=1S/C7H10AsNO2/c8-6-1-2-7(9-5-6)11-4-3-10/h1-2,5,10H,3-4,8H2. The topological polar surface area (TPSA) is 42.4 Å². The molecule has 0 bridgehead atoms. The van der Waals surface area contributed by atoms with E-state index in [1.54, 1.807) is 12.3 Å². The number of aliphatic hydroxyl groups is 1. The van der Waals surface area contributed by atoms with E-state index in [0.29, 0.717) is 12.5 Å². The van der Waals surface area contributed by atoms with Crippen molar-refractivity contribution in [1.82, 2.24) is 4.98 Å². The van der Waals surface area contributed by atoms with Crippen LogP contribution in [0.1, 0.15) is 0 Å². The molecule has 0 aliphatic rings. The predicted molar refractivity (Wildman–Crippen MR) is 45.0 cm³/mol. The second kappa shape index (κ2) is 4.37. The van der Waals surface area contributed by atoms with Crippen molar-refractivity contribution in [3.63, 3.8) is 0 Å². The molecule has 0 aromatic carbocycles. The van der Waals surface area contributed by atoms with Gasteiger partial charge in [0.25, 0.3) is 0 Å². The molecule has 1 atom stereocenters. The van der Waals surface area contributed by atoms with Crippen molar-refractivity contribution < 1.29 is 9.84 Å². The molecule has 1 aromatic rings. The summed E-state index contributed by atoms with van der Waals surface area (Å²) in [5.74, 6) is 0.570. The van der Waals surface area contributed by atoms with Crippen LogP contribution in [0.2, 0.25) is 0 Å². The number of pyridine rings is 1. The van der Waals surface area contributed by atoms with Gasteiger partial charge in [-0.15, -0.1) is 0 Å². The average Bonchev–Trinajstić information content (AvgIpc) is 2.04. The molecule has 0 spiro atoms. The van der Waals surface area contributed by atoms with Crippen molar-refractivity contribution in [1.29, 1.82) is 0 Å². The van der Waals surface area contributed by atoms with Crippen molar-refractivity contribution in [2.24, 2.45) is 0 Å². The molecule has 0 amide bonds. The normalized spacial score (nSPS) is 9.64. The Balaban J connectivity index is 2.52. The molecule has 4 heteroatoms. The molecule has 1 aromatic heterocycles. The first-order valence-electron chi connectivity index (χ1n) is 3.28. The summed E-state index contributed by atoms with van der Waals surface area (Å²) in [6.07, 6.45) is 1.76. The Hall–Kier alpha value is -0.532. The van der Waals surface area contributed by atoms with Crippen LogP contribution in [0.25, 0.3) is 0 Å². The van der Waals surface area contributed by atoms with E-state index in [0.717, 1.165) is 4.35 Å². The first kappa shape index (κ1) is 8.56. The van der Waals surface area contributed by atoms with Gasteiger partial charge in [-0.3, -0.25) is 0 Å². The van der Waals surface area contributed by atoms with Gasteiger partial charge >= 0.3 is 73.5 Å². The van der Waals surface area contributed by atoms with Crippen molar-refractivity contribution >= 4 is 21.2 Å². The summed E-state index contributed by atoms with van der Waals surface area (Å²) >= 11 is 1.53. The van der Waals surface area contributed by atoms with E-state index in [2.05, 4.69) is 4.98 Å². The SMILES string of the molecule is OCCOc1ccc([AsH2])cn1. The van der Waals surface area contributed by atoms with Gasteiger partial charge in [-0.1, -0.05) is 0 Å². The zero-order valence-corrected chi connectivity index (χ0v) is 8.45. The quantitative estimate of drug-likeness (QED) is 0.638. The zero-order valence-electron chi connectivity index (χ0n) is 6.03. The number of aromatic nitrogens is 1. The van der Waals surface area contributed by atoms with Crippen LogP contribution in [0, 0.1) is 0 Å². The summed E-state index contributed by atoms with van der Waals surface area (Å²) < 4.78 is 6.22. The van der Waals surface area contributed by atoms with E-state index in [1.165, 1.54) is 16.9 Å². The molecule has 1 unspecified atom stereocenters. The third kappa shape index (κ3) is 2.91. The van der Waals surface area contributed by atoms with Crippen LogP contribution in [0.15, 0.2) is 18.3 Å². The van der Waals surface area contributed by atoms with E-state index >= 15 is 0 Å². The number of hydrogen-bond acceptors (Lipinski definition) is 3. The summed E-state index contributed by atoms with van der Waals surface area (Å²) in [5, 5.41) is 8.43. The van der Waals surface area contributed by atoms with E-state index in [9.17, 15) is 0 Å². The summed E-state index contributed by atoms with van der Waals surface area (Å²) in [6, 6.07) is 3.74. The van der Waals surface area contributed by atoms with Crippen LogP contribution in [0.4, 0.5) is 0 Å². The summed E-state index contributed by atoms with van der Waals surface area (Å²) in [6.45, 7) is 0.334. The molecule has 0 saturated heterocycles. The van der Waals surface area contributed by atoms with Crippen molar-refractivity contribution in [3.8, 4) is 5.88 Å². The Bertz CT molecular complexity index is 212. The van der Waals surface area contributed by atoms with Crippen molar-refractivity contribution in [2.45, 2.75) is 0 Å². The van der Waals surface area contributed by atoms with Gasteiger partial charge in [0.05, 0.1) is 0 Å². The van der Waals surface area contributed by atoms with Gasteiger partial charge in [-0.25, -0.2) is 0 Å². The Morgan fingerprint density at radius 3 is 2.91 bits per heavy atom. The Kier molecular flexibility index (Phi) is 3.40. The molecule has 0 radical (unpaired) electrons. The number of rotatable bonds is 3. The zero-order chi connectivity index (χ0) is 8.10. The molecule has 1 rings (SSSR count). The fourth-order valence-corrected chi connectivity index (χ4v) is 0.986. The molecule has 1 N–H and O–H groups in total. The second-order valence-electron chi connectivity index (χ2n) is 2.00. The Morgan fingerprint density at radius 2 is 2.36 bits per heavy atom. The molecular weight excluding hydrogens is 205 g/mol. The molecule has 0 saturated carbocycles. The van der Waals surface area contributed by atoms with Crippen LogP contribution >= 0.6 is 0 Å². The third-order valence-electron chi connectivity index (χ3n) is 1.10. The molecule has 60 valence electrons. The average molecular weight is 215 g/mol. The van der Waals surface area contributed by atoms with Gasteiger partial charge in [0.1, 0.15) is 0 Å². The maximum atomic E-state index is 8.43. The second-order valence-corrected chi connectivity index (χ2v) is 3.40. The van der Waals surface area contributed by atoms with Crippen LogP contribution in [-0.2, 0) is 0 Å². The minimum atomic E-state index is 0.0273. The van der Waals surface area contributed by atoms with Crippen LogP contribution in [0.5, 0.6) is 5.88 Å². The van der Waals surface area contributed by atoms with E-state index < -0.39 is 0 Å². The van der Waals surface area contributed by atoms with Gasteiger partial charge in [-0.2, -0.15) is 0 Å². The van der Waals surface area contributed by atoms with E-state index in [4.69, 9.17) is 9.84 Å². The van der Waals surface area contributed by atoms with Crippen LogP contribution < -0.4 is 9.09 Å². The van der Waals surface area contributed by atoms with Crippen LogP contribution in [0.3, 0.4) is 0 Å². The molecule has 11 heavy (non-hydrogen) atoms. The molecule has 3 nitrogen and oxygen atoms in total. The van der Waals surface area contributed by atoms with E-state index in [-0.39, 0.29) is 6.61 Å². The minimum absolute atomic E-state index is 0.0273. The van der Waals surface area contributed by atoms with Crippen LogP contribution in [-0.4, -0.2) is 40.2 Å². The fraction of sp³-hybridized carbons (Fsp3) is 0.286. The van der Waals surface area contributed by atoms with Gasteiger partial charge < -0.3 is 0 Å². The van der Waals surface area contributed by atoms with Crippen molar-refractivity contribution in [3.05, 3.63) is 18.3 Å². The molecular formula is C7H10AsNO2. The number of ether oxygens (including phenoxy) is 1. The molecule has 0 fully saturated rings. The molecule has 0 aliphatic carbocycles. The van der Waals surface area contributed by atoms with Gasteiger partial charge in [0.2, 0.25) is 0 Å². The molecule has 0 aliphatic heterocycles. The maximum absolute atomic E-state index is 8.43. The summed E-state index contributed by atoms with van der Waals surface area (Å²) in [7, 11) is 0. The number of aliphatic hydroxyl groups excluding tert-OH is 1. The van der Waals surface area contributed by atoms with Crippen molar-refractivity contribution in [2.75, 3.05) is 13.2 Å². The Morgan fingerprint density at radius 1 is 1.55 bits per heavy atom. The number of hydrogen-bond donors (Lipinski definition) is 1. The van der Waals surface area contributed by atoms with E-state index in [1.807, 2.05) is 6.07 Å². The fourth-order valence-electron chi connectivity index (χ4n) is 0.627. The summed E-state index contributed by atoms with van der Waals surface area (Å²) in [4.78, 5) is 4.00. The number of nitrogens with zero attached hydrogens (tertiary/aromatic N) is 1. The first-order chi connectivity index (χ1) is 5.33. The Labute approximate surface area is 73.9 Å². The first-order valence-corrected chi connectivity index (χ1v) is 4.49. The molecule has 1 heterocycles. The summed E-state index contributed by atoms with van der Waals surface area (Å²) in [5.41, 5.74) is 0. The van der Waals surface area contributed by atoms with Gasteiger partial charge in [-0.05, 0) is 0 Å². The van der Waals surface area contributed by atoms with Gasteiger partial charge in [0, 0.05) is 0 Å². The third-order valence-corrected chi connectivity index (χ3v) is 1.82.